The van der Waals surface area contributed by atoms with Crippen LogP contribution < -0.4 is 9.47 Å². The van der Waals surface area contributed by atoms with Gasteiger partial charge in [-0.25, -0.2) is 0 Å². The van der Waals surface area contributed by atoms with Crippen molar-refractivity contribution in [1.29, 1.82) is 0 Å². The molecule has 0 spiro atoms. The van der Waals surface area contributed by atoms with Gasteiger partial charge in [0, 0.05) is 12.5 Å². The van der Waals surface area contributed by atoms with Crippen LogP contribution in [0.5, 0.6) is 11.5 Å². The van der Waals surface area contributed by atoms with Crippen molar-refractivity contribution in [3.63, 3.8) is 0 Å². The lowest BCUT2D eigenvalue weighted by Crippen LogP contribution is -2.12. The summed E-state index contributed by atoms with van der Waals surface area (Å²) in [5.41, 5.74) is 0.661. The molecule has 2 N–H and O–H groups in total. The van der Waals surface area contributed by atoms with E-state index in [9.17, 15) is 0 Å². The van der Waals surface area contributed by atoms with Gasteiger partial charge in [0.1, 0.15) is 0 Å². The fourth-order valence-electron chi connectivity index (χ4n) is 1.28. The van der Waals surface area contributed by atoms with Crippen LogP contribution in [-0.4, -0.2) is 30.5 Å². The van der Waals surface area contributed by atoms with Crippen LogP contribution in [0, 0.1) is 5.92 Å². The molecule has 1 atom stereocenters. The minimum Gasteiger partial charge on any atom is -0.493 e. The van der Waals surface area contributed by atoms with E-state index in [1.54, 1.807) is 12.1 Å². The molecule has 5 heteroatoms. The molecule has 17 heavy (non-hydrogen) atoms. The molecule has 4 nitrogen and oxygen atoms in total. The molecule has 0 aliphatic rings. The Morgan fingerprint density at radius 2 is 2.06 bits per heavy atom. The molecule has 0 aliphatic carbocycles. The highest BCUT2D eigenvalue weighted by molar-refractivity contribution is 6.32. The van der Waals surface area contributed by atoms with Gasteiger partial charge in [0.25, 0.3) is 0 Å². The van der Waals surface area contributed by atoms with Gasteiger partial charge in [0.15, 0.2) is 11.5 Å². The highest BCUT2D eigenvalue weighted by atomic mass is 35.5. The lowest BCUT2D eigenvalue weighted by molar-refractivity contribution is 0.171. The first-order chi connectivity index (χ1) is 8.12. The lowest BCUT2D eigenvalue weighted by atomic mass is 10.2. The molecule has 1 aromatic rings. The summed E-state index contributed by atoms with van der Waals surface area (Å²) in [6.45, 7) is 2.16. The van der Waals surface area contributed by atoms with Crippen LogP contribution in [0.1, 0.15) is 12.5 Å². The second-order valence-corrected chi connectivity index (χ2v) is 4.27. The van der Waals surface area contributed by atoms with Crippen LogP contribution in [0.2, 0.25) is 5.02 Å². The van der Waals surface area contributed by atoms with Crippen LogP contribution in [0.15, 0.2) is 12.1 Å². The Balaban J connectivity index is 2.89. The summed E-state index contributed by atoms with van der Waals surface area (Å²) < 4.78 is 10.7. The predicted octanol–water partition coefficient (Wildman–Crippen LogP) is 1.85. The number of aliphatic hydroxyl groups excluding tert-OH is 2. The van der Waals surface area contributed by atoms with E-state index in [2.05, 4.69) is 0 Å². The molecule has 0 fully saturated rings. The van der Waals surface area contributed by atoms with Crippen molar-refractivity contribution >= 4 is 11.6 Å². The van der Waals surface area contributed by atoms with E-state index < -0.39 is 0 Å². The fourth-order valence-corrected chi connectivity index (χ4v) is 1.57. The number of benzene rings is 1. The Bertz CT molecular complexity index is 368. The van der Waals surface area contributed by atoms with Crippen molar-refractivity contribution in [3.05, 3.63) is 22.7 Å². The van der Waals surface area contributed by atoms with Crippen LogP contribution in [0.3, 0.4) is 0 Å². The number of hydrogen-bond acceptors (Lipinski definition) is 4. The Morgan fingerprint density at radius 3 is 2.59 bits per heavy atom. The average molecular weight is 261 g/mol. The molecular weight excluding hydrogens is 244 g/mol. The van der Waals surface area contributed by atoms with Gasteiger partial charge in [-0.2, -0.15) is 0 Å². The zero-order chi connectivity index (χ0) is 12.8. The van der Waals surface area contributed by atoms with Crippen molar-refractivity contribution in [2.75, 3.05) is 20.3 Å². The average Bonchev–Trinajstić information content (AvgIpc) is 2.35. The van der Waals surface area contributed by atoms with E-state index >= 15 is 0 Å². The number of methoxy groups -OCH3 is 1. The minimum absolute atomic E-state index is 0.0216. The molecule has 0 bridgehead atoms. The number of ether oxygens (including phenoxy) is 2. The summed E-state index contributed by atoms with van der Waals surface area (Å²) in [7, 11) is 1.51. The molecule has 0 aromatic heterocycles. The van der Waals surface area contributed by atoms with E-state index in [1.165, 1.54) is 7.11 Å². The molecule has 1 aromatic carbocycles. The zero-order valence-electron chi connectivity index (χ0n) is 9.94. The first-order valence-electron chi connectivity index (χ1n) is 5.33. The van der Waals surface area contributed by atoms with E-state index in [4.69, 9.17) is 31.3 Å². The smallest absolute Gasteiger partial charge is 0.179 e. The van der Waals surface area contributed by atoms with Gasteiger partial charge >= 0.3 is 0 Å². The van der Waals surface area contributed by atoms with Gasteiger partial charge in [-0.3, -0.25) is 0 Å². The molecular formula is C12H17ClO4. The maximum atomic E-state index is 9.04. The number of rotatable bonds is 6. The summed E-state index contributed by atoms with van der Waals surface area (Å²) in [5, 5.41) is 18.3. The molecule has 96 valence electrons. The Morgan fingerprint density at radius 1 is 1.35 bits per heavy atom. The number of aliphatic hydroxyl groups is 2. The third-order valence-corrected chi connectivity index (χ3v) is 2.58. The largest absolute Gasteiger partial charge is 0.493 e. The maximum absolute atomic E-state index is 9.04. The highest BCUT2D eigenvalue weighted by Gasteiger charge is 2.13. The standard InChI is InChI=1S/C12H17ClO4/c1-8(5-14)7-17-12-10(13)3-9(6-15)4-11(12)16-2/h3-4,8,14-15H,5-7H2,1-2H3. The molecule has 0 amide bonds. The number of halogens is 1. The second-order valence-electron chi connectivity index (χ2n) is 3.87. The normalized spacial score (nSPS) is 12.3. The van der Waals surface area contributed by atoms with E-state index in [0.29, 0.717) is 28.7 Å². The van der Waals surface area contributed by atoms with E-state index in [-0.39, 0.29) is 19.1 Å². The SMILES string of the molecule is COc1cc(CO)cc(Cl)c1OCC(C)CO. The minimum atomic E-state index is -0.108. The second kappa shape index (κ2) is 6.69. The molecule has 0 heterocycles. The highest BCUT2D eigenvalue weighted by Crippen LogP contribution is 2.36. The lowest BCUT2D eigenvalue weighted by Gasteiger charge is -2.15. The van der Waals surface area contributed by atoms with Crippen molar-refractivity contribution in [2.24, 2.45) is 5.92 Å². The summed E-state index contributed by atoms with van der Waals surface area (Å²) >= 11 is 6.04. The Kier molecular flexibility index (Phi) is 5.55. The molecule has 1 unspecified atom stereocenters. The van der Waals surface area contributed by atoms with Crippen LogP contribution in [0.4, 0.5) is 0 Å². The van der Waals surface area contributed by atoms with Gasteiger partial charge < -0.3 is 19.7 Å². The van der Waals surface area contributed by atoms with Crippen LogP contribution in [-0.2, 0) is 6.61 Å². The van der Waals surface area contributed by atoms with E-state index in [0.717, 1.165) is 0 Å². The quantitative estimate of drug-likeness (QED) is 0.820. The van der Waals surface area contributed by atoms with Gasteiger partial charge in [-0.1, -0.05) is 18.5 Å². The maximum Gasteiger partial charge on any atom is 0.179 e. The molecule has 1 rings (SSSR count). The predicted molar refractivity (Wildman–Crippen MR) is 65.7 cm³/mol. The van der Waals surface area contributed by atoms with Crippen molar-refractivity contribution in [2.45, 2.75) is 13.5 Å². The van der Waals surface area contributed by atoms with Crippen LogP contribution in [0.25, 0.3) is 0 Å². The van der Waals surface area contributed by atoms with Crippen LogP contribution >= 0.6 is 11.6 Å². The van der Waals surface area contributed by atoms with Gasteiger partial charge in [0.2, 0.25) is 0 Å². The molecule has 0 aliphatic heterocycles. The molecule has 0 saturated heterocycles. The zero-order valence-corrected chi connectivity index (χ0v) is 10.7. The third-order valence-electron chi connectivity index (χ3n) is 2.30. The third kappa shape index (κ3) is 3.77. The monoisotopic (exact) mass is 260 g/mol. The van der Waals surface area contributed by atoms with Gasteiger partial charge in [-0.15, -0.1) is 0 Å². The van der Waals surface area contributed by atoms with E-state index in [1.807, 2.05) is 6.92 Å². The Labute approximate surface area is 106 Å². The number of hydrogen-bond donors (Lipinski definition) is 2. The first kappa shape index (κ1) is 14.1. The topological polar surface area (TPSA) is 58.9 Å². The van der Waals surface area contributed by atoms with Crippen molar-refractivity contribution < 1.29 is 19.7 Å². The van der Waals surface area contributed by atoms with Crippen molar-refractivity contribution in [3.8, 4) is 11.5 Å². The summed E-state index contributed by atoms with van der Waals surface area (Å²) in [6, 6.07) is 3.30. The van der Waals surface area contributed by atoms with Gasteiger partial charge in [0.05, 0.1) is 25.3 Å². The molecule has 0 saturated carbocycles. The Hall–Kier alpha value is -0.970. The first-order valence-corrected chi connectivity index (χ1v) is 5.71. The summed E-state index contributed by atoms with van der Waals surface area (Å²) in [6.07, 6.45) is 0. The summed E-state index contributed by atoms with van der Waals surface area (Å²) in [4.78, 5) is 0. The molecule has 0 radical (unpaired) electrons. The van der Waals surface area contributed by atoms with Crippen molar-refractivity contribution in [1.82, 2.24) is 0 Å². The van der Waals surface area contributed by atoms with Gasteiger partial charge in [-0.05, 0) is 17.7 Å². The fraction of sp³-hybridized carbons (Fsp3) is 0.500. The summed E-state index contributed by atoms with van der Waals surface area (Å²) in [5.74, 6) is 0.937.